The Hall–Kier alpha value is -1.98. The maximum Gasteiger partial charge on any atom is 0.345 e. The second-order valence-corrected chi connectivity index (χ2v) is 3.88. The van der Waals surface area contributed by atoms with Gasteiger partial charge in [-0.25, -0.2) is 4.79 Å². The lowest BCUT2D eigenvalue weighted by Gasteiger charge is -2.04. The molecule has 1 aromatic rings. The first-order valence-electron chi connectivity index (χ1n) is 5.45. The molecule has 0 radical (unpaired) electrons. The predicted octanol–water partition coefficient (Wildman–Crippen LogP) is 2.04. The molecule has 0 aliphatic heterocycles. The van der Waals surface area contributed by atoms with E-state index in [-0.39, 0.29) is 17.9 Å². The Morgan fingerprint density at radius 2 is 2.35 bits per heavy atom. The van der Waals surface area contributed by atoms with Gasteiger partial charge in [0.15, 0.2) is 0 Å². The lowest BCUT2D eigenvalue weighted by atomic mass is 10.1. The Kier molecular flexibility index (Phi) is 3.03. The fraction of sp³-hybridized carbons (Fsp3) is 0.455. The smallest absolute Gasteiger partial charge is 0.345 e. The average molecular weight is 236 g/mol. The second-order valence-electron chi connectivity index (χ2n) is 3.88. The molecule has 1 aromatic heterocycles. The molecule has 0 unspecified atom stereocenters. The Labute approximate surface area is 97.8 Å². The number of ether oxygens (including phenoxy) is 1. The third-order valence-electron chi connectivity index (χ3n) is 2.59. The summed E-state index contributed by atoms with van der Waals surface area (Å²) in [7, 11) is 0. The SMILES string of the molecule is CCOC(=O)c1cc(C2CC2)ncc1[N+](=O)[O-]. The molecule has 6 heteroatoms. The molecule has 1 heterocycles. The number of rotatable bonds is 4. The summed E-state index contributed by atoms with van der Waals surface area (Å²) in [5, 5.41) is 10.8. The molecule has 1 saturated carbocycles. The van der Waals surface area contributed by atoms with Gasteiger partial charge in [0.1, 0.15) is 11.8 Å². The number of nitro groups is 1. The van der Waals surface area contributed by atoms with Gasteiger partial charge in [-0.2, -0.15) is 0 Å². The normalized spacial score (nSPS) is 14.4. The lowest BCUT2D eigenvalue weighted by molar-refractivity contribution is -0.385. The molecule has 1 aliphatic rings. The highest BCUT2D eigenvalue weighted by atomic mass is 16.6. The summed E-state index contributed by atoms with van der Waals surface area (Å²) in [6.45, 7) is 1.85. The summed E-state index contributed by atoms with van der Waals surface area (Å²) in [6.07, 6.45) is 3.18. The van der Waals surface area contributed by atoms with Crippen molar-refractivity contribution < 1.29 is 14.5 Å². The Balaban J connectivity index is 2.39. The highest BCUT2D eigenvalue weighted by Gasteiger charge is 2.29. The fourth-order valence-corrected chi connectivity index (χ4v) is 1.58. The number of carbonyl (C=O) groups is 1. The van der Waals surface area contributed by atoms with Gasteiger partial charge in [-0.15, -0.1) is 0 Å². The molecular weight excluding hydrogens is 224 g/mol. The van der Waals surface area contributed by atoms with Gasteiger partial charge in [-0.1, -0.05) is 0 Å². The van der Waals surface area contributed by atoms with Crippen LogP contribution in [0.1, 0.15) is 41.7 Å². The van der Waals surface area contributed by atoms with Crippen LogP contribution < -0.4 is 0 Å². The monoisotopic (exact) mass is 236 g/mol. The molecular formula is C11H12N2O4. The van der Waals surface area contributed by atoms with Gasteiger partial charge >= 0.3 is 11.7 Å². The molecule has 1 aliphatic carbocycles. The number of pyridine rings is 1. The van der Waals surface area contributed by atoms with Crippen molar-refractivity contribution in [1.29, 1.82) is 0 Å². The third-order valence-corrected chi connectivity index (χ3v) is 2.59. The average Bonchev–Trinajstić information content (AvgIpc) is 3.12. The minimum absolute atomic E-state index is 0.00579. The van der Waals surface area contributed by atoms with Crippen LogP contribution in [0.3, 0.4) is 0 Å². The Morgan fingerprint density at radius 3 is 2.88 bits per heavy atom. The van der Waals surface area contributed by atoms with Crippen molar-refractivity contribution in [2.45, 2.75) is 25.7 Å². The lowest BCUT2D eigenvalue weighted by Crippen LogP contribution is -2.09. The third kappa shape index (κ3) is 2.41. The van der Waals surface area contributed by atoms with Gasteiger partial charge in [0, 0.05) is 11.6 Å². The van der Waals surface area contributed by atoms with Gasteiger partial charge < -0.3 is 4.74 Å². The summed E-state index contributed by atoms with van der Waals surface area (Å²) in [5.41, 5.74) is 0.431. The highest BCUT2D eigenvalue weighted by Crippen LogP contribution is 2.39. The Morgan fingerprint density at radius 1 is 1.65 bits per heavy atom. The van der Waals surface area contributed by atoms with Gasteiger partial charge in [0.05, 0.1) is 11.5 Å². The molecule has 0 atom stereocenters. The molecule has 0 saturated heterocycles. The largest absolute Gasteiger partial charge is 0.462 e. The molecule has 0 N–H and O–H groups in total. The topological polar surface area (TPSA) is 82.3 Å². The van der Waals surface area contributed by atoms with E-state index in [1.165, 1.54) is 6.07 Å². The van der Waals surface area contributed by atoms with E-state index in [0.29, 0.717) is 5.92 Å². The van der Waals surface area contributed by atoms with E-state index in [2.05, 4.69) is 4.98 Å². The van der Waals surface area contributed by atoms with E-state index < -0.39 is 10.9 Å². The van der Waals surface area contributed by atoms with Crippen molar-refractivity contribution in [1.82, 2.24) is 4.98 Å². The molecule has 0 aromatic carbocycles. The van der Waals surface area contributed by atoms with Crippen LogP contribution in [0.4, 0.5) is 5.69 Å². The van der Waals surface area contributed by atoms with Crippen LogP contribution in [0.15, 0.2) is 12.3 Å². The summed E-state index contributed by atoms with van der Waals surface area (Å²) < 4.78 is 4.80. The zero-order valence-electron chi connectivity index (χ0n) is 9.38. The first-order chi connectivity index (χ1) is 8.13. The minimum atomic E-state index is -0.663. The van der Waals surface area contributed by atoms with E-state index in [4.69, 9.17) is 4.74 Å². The number of esters is 1. The van der Waals surface area contributed by atoms with Crippen molar-refractivity contribution in [2.75, 3.05) is 6.61 Å². The van der Waals surface area contributed by atoms with E-state index in [9.17, 15) is 14.9 Å². The number of hydrogen-bond acceptors (Lipinski definition) is 5. The first-order valence-corrected chi connectivity index (χ1v) is 5.45. The van der Waals surface area contributed by atoms with Crippen molar-refractivity contribution >= 4 is 11.7 Å². The van der Waals surface area contributed by atoms with Crippen LogP contribution in [-0.4, -0.2) is 22.5 Å². The molecule has 17 heavy (non-hydrogen) atoms. The summed E-state index contributed by atoms with van der Waals surface area (Å²) in [6, 6.07) is 1.48. The van der Waals surface area contributed by atoms with Crippen LogP contribution in [0.25, 0.3) is 0 Å². The predicted molar refractivity (Wildman–Crippen MR) is 58.8 cm³/mol. The number of hydrogen-bond donors (Lipinski definition) is 0. The standard InChI is InChI=1S/C11H12N2O4/c1-2-17-11(14)8-5-9(7-3-4-7)12-6-10(8)13(15)16/h5-7H,2-4H2,1H3. The van der Waals surface area contributed by atoms with Crippen LogP contribution in [0.2, 0.25) is 0 Å². The van der Waals surface area contributed by atoms with Crippen LogP contribution >= 0.6 is 0 Å². The van der Waals surface area contributed by atoms with Crippen molar-refractivity contribution in [3.8, 4) is 0 Å². The van der Waals surface area contributed by atoms with Crippen LogP contribution in [0.5, 0.6) is 0 Å². The van der Waals surface area contributed by atoms with Crippen molar-refractivity contribution in [2.24, 2.45) is 0 Å². The molecule has 2 rings (SSSR count). The van der Waals surface area contributed by atoms with Crippen LogP contribution in [-0.2, 0) is 4.74 Å². The molecule has 6 nitrogen and oxygen atoms in total. The van der Waals surface area contributed by atoms with Gasteiger partial charge in [-0.05, 0) is 25.8 Å². The summed E-state index contributed by atoms with van der Waals surface area (Å²) in [4.78, 5) is 25.8. The maximum atomic E-state index is 11.6. The number of carbonyl (C=O) groups excluding carboxylic acids is 1. The van der Waals surface area contributed by atoms with Gasteiger partial charge in [-0.3, -0.25) is 15.1 Å². The van der Waals surface area contributed by atoms with Crippen LogP contribution in [0, 0.1) is 10.1 Å². The fourth-order valence-electron chi connectivity index (χ4n) is 1.58. The molecule has 1 fully saturated rings. The first kappa shape index (κ1) is 11.5. The zero-order chi connectivity index (χ0) is 12.4. The molecule has 0 bridgehead atoms. The maximum absolute atomic E-state index is 11.6. The minimum Gasteiger partial charge on any atom is -0.462 e. The molecule has 90 valence electrons. The molecule has 0 amide bonds. The zero-order valence-corrected chi connectivity index (χ0v) is 9.38. The number of aromatic nitrogens is 1. The highest BCUT2D eigenvalue weighted by molar-refractivity contribution is 5.93. The van der Waals surface area contributed by atoms with E-state index in [0.717, 1.165) is 24.7 Å². The van der Waals surface area contributed by atoms with Gasteiger partial charge in [0.25, 0.3) is 0 Å². The number of nitrogens with zero attached hydrogens (tertiary/aromatic N) is 2. The van der Waals surface area contributed by atoms with Gasteiger partial charge in [0.2, 0.25) is 0 Å². The van der Waals surface area contributed by atoms with Crippen molar-refractivity contribution in [3.63, 3.8) is 0 Å². The Bertz CT molecular complexity index is 469. The van der Waals surface area contributed by atoms with E-state index >= 15 is 0 Å². The van der Waals surface area contributed by atoms with E-state index in [1.807, 2.05) is 0 Å². The van der Waals surface area contributed by atoms with E-state index in [1.54, 1.807) is 6.92 Å². The summed E-state index contributed by atoms with van der Waals surface area (Å²) in [5.74, 6) is -0.326. The molecule has 0 spiro atoms. The summed E-state index contributed by atoms with van der Waals surface area (Å²) >= 11 is 0. The quantitative estimate of drug-likeness (QED) is 0.454. The van der Waals surface area contributed by atoms with Crippen molar-refractivity contribution in [3.05, 3.63) is 33.6 Å². The second kappa shape index (κ2) is 4.48.